The van der Waals surface area contributed by atoms with Gasteiger partial charge in [-0.15, -0.1) is 0 Å². The molecular weight excluding hydrogens is 212 g/mol. The SMILES string of the molecule is CC(C)=O.O=C(O)CCCBr. The first-order chi connectivity index (χ1) is 5.00. The molecule has 0 aliphatic rings. The van der Waals surface area contributed by atoms with Crippen molar-refractivity contribution in [3.05, 3.63) is 0 Å². The van der Waals surface area contributed by atoms with E-state index in [9.17, 15) is 9.59 Å². The van der Waals surface area contributed by atoms with Crippen molar-refractivity contribution in [3.8, 4) is 0 Å². The number of Topliss-reactive ketones (excluding diaryl/α,β-unsaturated/α-hetero) is 1. The lowest BCUT2D eigenvalue weighted by Crippen LogP contribution is -1.93. The second-order valence-corrected chi connectivity index (χ2v) is 2.89. The summed E-state index contributed by atoms with van der Waals surface area (Å²) in [6.45, 7) is 3.06. The van der Waals surface area contributed by atoms with Crippen molar-refractivity contribution in [1.82, 2.24) is 0 Å². The van der Waals surface area contributed by atoms with E-state index in [1.165, 1.54) is 13.8 Å². The number of carbonyl (C=O) groups is 2. The molecule has 0 rings (SSSR count). The maximum Gasteiger partial charge on any atom is 0.303 e. The third-order valence-electron chi connectivity index (χ3n) is 0.524. The zero-order chi connectivity index (χ0) is 9.28. The Labute approximate surface area is 74.9 Å². The lowest BCUT2D eigenvalue weighted by atomic mass is 10.3. The zero-order valence-corrected chi connectivity index (χ0v) is 8.35. The van der Waals surface area contributed by atoms with Crippen LogP contribution in [0.2, 0.25) is 0 Å². The minimum Gasteiger partial charge on any atom is -0.481 e. The largest absolute Gasteiger partial charge is 0.481 e. The number of rotatable bonds is 3. The summed E-state index contributed by atoms with van der Waals surface area (Å²) in [6, 6.07) is 0. The van der Waals surface area contributed by atoms with Crippen LogP contribution < -0.4 is 0 Å². The van der Waals surface area contributed by atoms with E-state index in [0.717, 1.165) is 11.8 Å². The first kappa shape index (κ1) is 13.2. The summed E-state index contributed by atoms with van der Waals surface area (Å²) in [7, 11) is 0. The number of carbonyl (C=O) groups excluding carboxylic acids is 1. The third kappa shape index (κ3) is 42.6. The standard InChI is InChI=1S/C4H7BrO2.C3H6O/c5-3-1-2-4(6)7;1-3(2)4/h1-3H2,(H,6,7);1-2H3. The number of halogens is 1. The molecule has 0 aliphatic heterocycles. The van der Waals surface area contributed by atoms with Crippen LogP contribution in [-0.2, 0) is 9.59 Å². The molecule has 3 nitrogen and oxygen atoms in total. The first-order valence-electron chi connectivity index (χ1n) is 3.25. The Morgan fingerprint density at radius 3 is 1.82 bits per heavy atom. The highest BCUT2D eigenvalue weighted by Gasteiger charge is 1.91. The molecule has 0 amide bonds. The third-order valence-corrected chi connectivity index (χ3v) is 1.09. The highest BCUT2D eigenvalue weighted by Crippen LogP contribution is 1.91. The summed E-state index contributed by atoms with van der Waals surface area (Å²) in [5, 5.41) is 8.80. The molecule has 0 bridgehead atoms. The molecule has 0 spiro atoms. The van der Waals surface area contributed by atoms with Gasteiger partial charge in [0.2, 0.25) is 0 Å². The number of carboxylic acids is 1. The van der Waals surface area contributed by atoms with Gasteiger partial charge in [0.15, 0.2) is 0 Å². The van der Waals surface area contributed by atoms with Crippen LogP contribution in [0.15, 0.2) is 0 Å². The van der Waals surface area contributed by atoms with Gasteiger partial charge < -0.3 is 9.90 Å². The van der Waals surface area contributed by atoms with E-state index in [2.05, 4.69) is 15.9 Å². The van der Waals surface area contributed by atoms with Crippen LogP contribution in [0.3, 0.4) is 0 Å². The quantitative estimate of drug-likeness (QED) is 0.745. The molecule has 0 radical (unpaired) electrons. The zero-order valence-electron chi connectivity index (χ0n) is 6.76. The molecule has 0 aromatic rings. The average molecular weight is 225 g/mol. The Kier molecular flexibility index (Phi) is 11.6. The Morgan fingerprint density at radius 1 is 1.36 bits per heavy atom. The van der Waals surface area contributed by atoms with Crippen LogP contribution in [-0.4, -0.2) is 22.2 Å². The lowest BCUT2D eigenvalue weighted by Gasteiger charge is -1.84. The fraction of sp³-hybridized carbons (Fsp3) is 0.714. The Hall–Kier alpha value is -0.380. The van der Waals surface area contributed by atoms with E-state index in [4.69, 9.17) is 5.11 Å². The van der Waals surface area contributed by atoms with Crippen LogP contribution in [0, 0.1) is 0 Å². The van der Waals surface area contributed by atoms with E-state index in [0.29, 0.717) is 0 Å². The molecule has 0 aromatic heterocycles. The molecule has 0 aliphatic carbocycles. The average Bonchev–Trinajstić information content (AvgIpc) is 1.82. The lowest BCUT2D eigenvalue weighted by molar-refractivity contribution is -0.137. The predicted octanol–water partition coefficient (Wildman–Crippen LogP) is 1.84. The minimum atomic E-state index is -0.723. The predicted molar refractivity (Wildman–Crippen MR) is 47.0 cm³/mol. The molecule has 11 heavy (non-hydrogen) atoms. The number of hydrogen-bond donors (Lipinski definition) is 1. The van der Waals surface area contributed by atoms with Gasteiger partial charge in [0.1, 0.15) is 5.78 Å². The number of hydrogen-bond acceptors (Lipinski definition) is 2. The maximum absolute atomic E-state index is 9.74. The van der Waals surface area contributed by atoms with Gasteiger partial charge in [0.05, 0.1) is 0 Å². The minimum absolute atomic E-state index is 0.167. The van der Waals surface area contributed by atoms with Crippen molar-refractivity contribution >= 4 is 27.7 Å². The first-order valence-corrected chi connectivity index (χ1v) is 4.37. The van der Waals surface area contributed by atoms with E-state index >= 15 is 0 Å². The normalized spacial score (nSPS) is 7.91. The van der Waals surface area contributed by atoms with Gasteiger partial charge in [-0.1, -0.05) is 15.9 Å². The number of aliphatic carboxylic acids is 1. The van der Waals surface area contributed by atoms with Crippen molar-refractivity contribution in [2.24, 2.45) is 0 Å². The molecular formula is C7H13BrO3. The van der Waals surface area contributed by atoms with Crippen molar-refractivity contribution in [2.45, 2.75) is 26.7 Å². The summed E-state index contributed by atoms with van der Waals surface area (Å²) in [5.41, 5.74) is 0. The van der Waals surface area contributed by atoms with E-state index in [-0.39, 0.29) is 12.2 Å². The molecule has 0 unspecified atom stereocenters. The van der Waals surface area contributed by atoms with Gasteiger partial charge >= 0.3 is 5.97 Å². The van der Waals surface area contributed by atoms with Crippen LogP contribution in [0.4, 0.5) is 0 Å². The highest BCUT2D eigenvalue weighted by molar-refractivity contribution is 9.09. The monoisotopic (exact) mass is 224 g/mol. The van der Waals surface area contributed by atoms with Crippen LogP contribution >= 0.6 is 15.9 Å². The van der Waals surface area contributed by atoms with E-state index < -0.39 is 5.97 Å². The number of ketones is 1. The maximum atomic E-state index is 9.74. The van der Waals surface area contributed by atoms with Gasteiger partial charge in [-0.25, -0.2) is 0 Å². The number of carboxylic acid groups (broad SMARTS) is 1. The van der Waals surface area contributed by atoms with Gasteiger partial charge in [0.25, 0.3) is 0 Å². The molecule has 1 N–H and O–H groups in total. The second kappa shape index (κ2) is 9.62. The van der Waals surface area contributed by atoms with Crippen molar-refractivity contribution in [3.63, 3.8) is 0 Å². The van der Waals surface area contributed by atoms with Gasteiger partial charge in [-0.05, 0) is 20.3 Å². The van der Waals surface area contributed by atoms with Crippen molar-refractivity contribution in [2.75, 3.05) is 5.33 Å². The molecule has 66 valence electrons. The summed E-state index contributed by atoms with van der Waals surface area (Å²) in [6.07, 6.45) is 0.987. The Balaban J connectivity index is 0. The van der Waals surface area contributed by atoms with Gasteiger partial charge in [-0.3, -0.25) is 4.79 Å². The fourth-order valence-corrected chi connectivity index (χ4v) is 0.498. The molecule has 0 atom stereocenters. The van der Waals surface area contributed by atoms with Crippen LogP contribution in [0.25, 0.3) is 0 Å². The Morgan fingerprint density at radius 2 is 1.73 bits per heavy atom. The summed E-state index contributed by atoms with van der Waals surface area (Å²) < 4.78 is 0. The van der Waals surface area contributed by atoms with Crippen LogP contribution in [0.5, 0.6) is 0 Å². The van der Waals surface area contributed by atoms with Gasteiger partial charge in [0, 0.05) is 11.8 Å². The van der Waals surface area contributed by atoms with Gasteiger partial charge in [-0.2, -0.15) is 0 Å². The highest BCUT2D eigenvalue weighted by atomic mass is 79.9. The summed E-state index contributed by atoms with van der Waals surface area (Å²) in [4.78, 5) is 19.2. The summed E-state index contributed by atoms with van der Waals surface area (Å²) in [5.74, 6) is -0.556. The molecule has 0 saturated heterocycles. The van der Waals surface area contributed by atoms with Crippen molar-refractivity contribution in [1.29, 1.82) is 0 Å². The van der Waals surface area contributed by atoms with E-state index in [1.54, 1.807) is 0 Å². The van der Waals surface area contributed by atoms with Crippen LogP contribution in [0.1, 0.15) is 26.7 Å². The van der Waals surface area contributed by atoms with Crippen molar-refractivity contribution < 1.29 is 14.7 Å². The fourth-order valence-electron chi connectivity index (χ4n) is 0.218. The molecule has 4 heteroatoms. The summed E-state index contributed by atoms with van der Waals surface area (Å²) >= 11 is 3.11. The molecule has 0 aromatic carbocycles. The Bertz CT molecular complexity index is 119. The topological polar surface area (TPSA) is 54.4 Å². The molecule has 0 fully saturated rings. The smallest absolute Gasteiger partial charge is 0.303 e. The molecule has 0 saturated carbocycles. The molecule has 0 heterocycles. The van der Waals surface area contributed by atoms with E-state index in [1.807, 2.05) is 0 Å². The number of alkyl halides is 1. The second-order valence-electron chi connectivity index (χ2n) is 2.09.